The molecule has 0 aliphatic heterocycles. The fraction of sp³-hybridized carbons (Fsp3) is 0.245. The Hall–Kier alpha value is -6.19. The molecule has 9 aromatic rings. The number of fused-ring (bicyclic) bond motifs is 7. The van der Waals surface area contributed by atoms with Crippen LogP contribution >= 0.6 is 0 Å². The molecular formula is C49H45N4O2+. The smallest absolute Gasteiger partial charge is 0.299 e. The maximum atomic E-state index is 8.37. The number of nitrogens with zero attached hydrogens (tertiary/aromatic N) is 4. The minimum Gasteiger partial charge on any atom is -0.456 e. The average molecular weight is 722 g/mol. The molecule has 0 aliphatic carbocycles. The first-order valence-electron chi connectivity index (χ1n) is 19.2. The van der Waals surface area contributed by atoms with Crippen LogP contribution in [0, 0.1) is 13.5 Å². The van der Waals surface area contributed by atoms with E-state index >= 15 is 0 Å². The Morgan fingerprint density at radius 1 is 0.764 bits per heavy atom. The quantitative estimate of drug-likeness (QED) is 0.131. The molecule has 0 saturated heterocycles. The van der Waals surface area contributed by atoms with Crippen molar-refractivity contribution in [3.05, 3.63) is 131 Å². The second kappa shape index (κ2) is 12.4. The van der Waals surface area contributed by atoms with Gasteiger partial charge in [-0.05, 0) is 71.2 Å². The Kier molecular flexibility index (Phi) is 7.81. The van der Waals surface area contributed by atoms with Crippen molar-refractivity contribution in [1.29, 1.82) is 0 Å². The van der Waals surface area contributed by atoms with Gasteiger partial charge in [-0.25, -0.2) is 14.4 Å². The lowest BCUT2D eigenvalue weighted by Gasteiger charge is -2.21. The lowest BCUT2D eigenvalue weighted by Crippen LogP contribution is -2.30. The van der Waals surface area contributed by atoms with Crippen LogP contribution in [0.4, 0.5) is 5.69 Å². The summed E-state index contributed by atoms with van der Waals surface area (Å²) in [4.78, 5) is 8.90. The van der Waals surface area contributed by atoms with Gasteiger partial charge in [0.2, 0.25) is 5.69 Å². The first-order chi connectivity index (χ1) is 26.4. The summed E-state index contributed by atoms with van der Waals surface area (Å²) >= 11 is 0. The van der Waals surface area contributed by atoms with Gasteiger partial charge in [-0.1, -0.05) is 109 Å². The zero-order valence-corrected chi connectivity index (χ0v) is 33.0. The third-order valence-corrected chi connectivity index (χ3v) is 11.2. The maximum absolute atomic E-state index is 8.37. The van der Waals surface area contributed by atoms with Gasteiger partial charge in [-0.3, -0.25) is 0 Å². The summed E-state index contributed by atoms with van der Waals surface area (Å²) in [6.45, 7) is 25.9. The lowest BCUT2D eigenvalue weighted by atomic mass is 9.88. The lowest BCUT2D eigenvalue weighted by molar-refractivity contribution is -0.633. The number of oxazole rings is 1. The molecule has 3 aromatic heterocycles. The van der Waals surface area contributed by atoms with Gasteiger partial charge < -0.3 is 8.83 Å². The number of hydrogen-bond donors (Lipinski definition) is 0. The van der Waals surface area contributed by atoms with Gasteiger partial charge in [0.05, 0.1) is 13.6 Å². The molecule has 0 bridgehead atoms. The van der Waals surface area contributed by atoms with Gasteiger partial charge in [0, 0.05) is 38.8 Å². The molecule has 0 aliphatic rings. The molecule has 3 heterocycles. The number of hydrogen-bond acceptors (Lipinski definition) is 3. The minimum absolute atomic E-state index is 0.229. The molecule has 0 amide bonds. The number of aromatic nitrogens is 3. The molecule has 0 N–H and O–H groups in total. The molecule has 0 radical (unpaired) electrons. The highest BCUT2D eigenvalue weighted by molar-refractivity contribution is 6.20. The predicted octanol–water partition coefficient (Wildman–Crippen LogP) is 13.4. The second-order valence-electron chi connectivity index (χ2n) is 16.6. The SMILES string of the molecule is [C-]#[N+]c1c2oc(C(C)(C)C)nc2cc2oc3c(-c4n(-c5c(C(C)C)cc(-c6ccccc6)cc5C(C)C)c5c6ccccc6ccc5[n+]4C)c(C)ccc3c12. The highest BCUT2D eigenvalue weighted by Gasteiger charge is 2.35. The predicted molar refractivity (Wildman–Crippen MR) is 226 cm³/mol. The molecular weight excluding hydrogens is 677 g/mol. The molecule has 0 unspecified atom stereocenters. The van der Waals surface area contributed by atoms with Crippen LogP contribution < -0.4 is 4.57 Å². The van der Waals surface area contributed by atoms with E-state index in [9.17, 15) is 0 Å². The van der Waals surface area contributed by atoms with Gasteiger partial charge >= 0.3 is 0 Å². The average Bonchev–Trinajstić information content (AvgIpc) is 3.85. The number of rotatable bonds is 5. The van der Waals surface area contributed by atoms with Crippen LogP contribution in [0.3, 0.4) is 0 Å². The van der Waals surface area contributed by atoms with Crippen LogP contribution in [-0.2, 0) is 12.5 Å². The van der Waals surface area contributed by atoms with E-state index in [2.05, 4.69) is 167 Å². The first kappa shape index (κ1) is 34.6. The van der Waals surface area contributed by atoms with Gasteiger partial charge in [0.25, 0.3) is 5.82 Å². The summed E-state index contributed by atoms with van der Waals surface area (Å²) in [5.74, 6) is 2.08. The van der Waals surface area contributed by atoms with Crippen molar-refractivity contribution >= 4 is 60.5 Å². The third-order valence-electron chi connectivity index (χ3n) is 11.2. The van der Waals surface area contributed by atoms with Crippen LogP contribution in [0.5, 0.6) is 0 Å². The first-order valence-corrected chi connectivity index (χ1v) is 19.2. The van der Waals surface area contributed by atoms with E-state index in [0.717, 1.165) is 44.3 Å². The minimum atomic E-state index is -0.304. The molecule has 0 saturated carbocycles. The highest BCUT2D eigenvalue weighted by atomic mass is 16.4. The normalized spacial score (nSPS) is 12.4. The largest absolute Gasteiger partial charge is 0.456 e. The molecule has 0 fully saturated rings. The number of aryl methyl sites for hydroxylation is 2. The summed E-state index contributed by atoms with van der Waals surface area (Å²) in [6, 6.07) is 34.9. The summed E-state index contributed by atoms with van der Waals surface area (Å²) < 4.78 is 18.2. The van der Waals surface area contributed by atoms with Crippen LogP contribution in [0.15, 0.2) is 106 Å². The number of imidazole rings is 1. The fourth-order valence-electron chi connectivity index (χ4n) is 8.40. The van der Waals surface area contributed by atoms with Crippen molar-refractivity contribution in [3.8, 4) is 28.2 Å². The van der Waals surface area contributed by atoms with Crippen LogP contribution in [0.25, 0.3) is 87.9 Å². The van der Waals surface area contributed by atoms with Crippen molar-refractivity contribution in [2.45, 2.75) is 72.6 Å². The molecule has 9 rings (SSSR count). The number of benzene rings is 6. The van der Waals surface area contributed by atoms with Crippen LogP contribution in [0.2, 0.25) is 0 Å². The van der Waals surface area contributed by atoms with Gasteiger partial charge in [-0.2, -0.15) is 4.57 Å². The van der Waals surface area contributed by atoms with Crippen molar-refractivity contribution in [1.82, 2.24) is 9.55 Å². The standard InChI is InChI=1S/C49H45N4O2/c1-27(2)35-24-32(30-16-12-11-13-17-30)25-36(28(3)4)43(35)53-44-33-19-15-14-18-31(33)21-23-38(44)52(10)47(53)40-29(5)20-22-34-41-39(54-45(34)40)26-37-46(42(41)50-9)55-48(51-37)49(6,7)8/h11-28H,1-8,10H3/q+1. The summed E-state index contributed by atoms with van der Waals surface area (Å²) in [5.41, 5.74) is 13.2. The zero-order chi connectivity index (χ0) is 38.5. The monoisotopic (exact) mass is 721 g/mol. The molecule has 6 nitrogen and oxygen atoms in total. The van der Waals surface area contributed by atoms with E-state index < -0.39 is 0 Å². The highest BCUT2D eigenvalue weighted by Crippen LogP contribution is 2.47. The van der Waals surface area contributed by atoms with E-state index in [4.69, 9.17) is 20.4 Å². The Balaban J connectivity index is 1.46. The van der Waals surface area contributed by atoms with E-state index in [0.29, 0.717) is 28.3 Å². The molecule has 6 heteroatoms. The van der Waals surface area contributed by atoms with E-state index in [-0.39, 0.29) is 17.3 Å². The van der Waals surface area contributed by atoms with Crippen molar-refractivity contribution in [3.63, 3.8) is 0 Å². The Morgan fingerprint density at radius 3 is 2.13 bits per heavy atom. The van der Waals surface area contributed by atoms with Crippen molar-refractivity contribution in [2.75, 3.05) is 0 Å². The van der Waals surface area contributed by atoms with E-state index in [1.165, 1.54) is 38.7 Å². The van der Waals surface area contributed by atoms with Crippen LogP contribution in [-0.4, -0.2) is 9.55 Å². The number of furan rings is 1. The van der Waals surface area contributed by atoms with E-state index in [1.807, 2.05) is 6.07 Å². The third kappa shape index (κ3) is 5.21. The fourth-order valence-corrected chi connectivity index (χ4v) is 8.40. The zero-order valence-electron chi connectivity index (χ0n) is 33.0. The van der Waals surface area contributed by atoms with Gasteiger partial charge in [-0.15, -0.1) is 0 Å². The summed E-state index contributed by atoms with van der Waals surface area (Å²) in [7, 11) is 2.17. The molecule has 6 aromatic carbocycles. The summed E-state index contributed by atoms with van der Waals surface area (Å²) in [5, 5.41) is 4.00. The maximum Gasteiger partial charge on any atom is 0.299 e. The Morgan fingerprint density at radius 2 is 1.45 bits per heavy atom. The molecule has 0 spiro atoms. The van der Waals surface area contributed by atoms with Crippen LogP contribution in [0.1, 0.15) is 82.9 Å². The van der Waals surface area contributed by atoms with E-state index in [1.54, 1.807) is 0 Å². The Labute approximate surface area is 321 Å². The Bertz CT molecular complexity index is 3020. The van der Waals surface area contributed by atoms with Crippen molar-refractivity contribution < 1.29 is 13.4 Å². The van der Waals surface area contributed by atoms with Gasteiger partial charge in [0.1, 0.15) is 27.9 Å². The molecule has 55 heavy (non-hydrogen) atoms. The van der Waals surface area contributed by atoms with Gasteiger partial charge in [0.15, 0.2) is 22.5 Å². The topological polar surface area (TPSA) is 52.3 Å². The summed E-state index contributed by atoms with van der Waals surface area (Å²) in [6.07, 6.45) is 0. The second-order valence-corrected chi connectivity index (χ2v) is 16.6. The van der Waals surface area contributed by atoms with Crippen molar-refractivity contribution in [2.24, 2.45) is 7.05 Å². The molecule has 0 atom stereocenters. The molecule has 272 valence electrons.